The number of ether oxygens (including phenoxy) is 1. The van der Waals surface area contributed by atoms with Crippen LogP contribution in [0.4, 0.5) is 8.78 Å². The van der Waals surface area contributed by atoms with Crippen molar-refractivity contribution in [3.8, 4) is 0 Å². The highest BCUT2D eigenvalue weighted by atomic mass is 19.3. The number of H-pyrrole nitrogens is 1. The van der Waals surface area contributed by atoms with E-state index < -0.39 is 11.9 Å². The highest BCUT2D eigenvalue weighted by Crippen LogP contribution is 2.28. The van der Waals surface area contributed by atoms with Crippen LogP contribution >= 0.6 is 0 Å². The van der Waals surface area contributed by atoms with Gasteiger partial charge in [0.05, 0.1) is 18.2 Å². The first-order chi connectivity index (χ1) is 6.46. The van der Waals surface area contributed by atoms with Crippen LogP contribution in [0.15, 0.2) is 18.5 Å². The van der Waals surface area contributed by atoms with Crippen molar-refractivity contribution in [3.63, 3.8) is 0 Å². The van der Waals surface area contributed by atoms with E-state index >= 15 is 0 Å². The summed E-state index contributed by atoms with van der Waals surface area (Å²) in [6.45, 7) is 0.725. The Kier molecular flexibility index (Phi) is 2.78. The summed E-state index contributed by atoms with van der Waals surface area (Å²) in [7, 11) is 1.15. The van der Waals surface area contributed by atoms with E-state index in [9.17, 15) is 13.6 Å². The SMILES string of the molecule is COC(=O)c1cc[nH+]cc1C(C)(F)F. The minimum absolute atomic E-state index is 0.126. The van der Waals surface area contributed by atoms with Crippen LogP contribution in [0, 0.1) is 0 Å². The van der Waals surface area contributed by atoms with Crippen LogP contribution in [-0.2, 0) is 10.7 Å². The number of hydrogen-bond acceptors (Lipinski definition) is 2. The number of methoxy groups -OCH3 is 1. The normalized spacial score (nSPS) is 11.1. The average molecular weight is 202 g/mol. The molecule has 1 rings (SSSR count). The Balaban J connectivity index is 3.23. The van der Waals surface area contributed by atoms with Crippen molar-refractivity contribution in [2.75, 3.05) is 7.11 Å². The molecule has 0 aliphatic rings. The quantitative estimate of drug-likeness (QED) is 0.680. The standard InChI is InChI=1S/C9H9F2NO2/c1-9(10,11)7-5-12-4-3-6(7)8(13)14-2/h3-5H,1-2H3/p+1. The summed E-state index contributed by atoms with van der Waals surface area (Å²) in [6.07, 6.45) is 2.48. The zero-order chi connectivity index (χ0) is 10.8. The lowest BCUT2D eigenvalue weighted by atomic mass is 10.1. The highest BCUT2D eigenvalue weighted by molar-refractivity contribution is 5.90. The molecule has 0 spiro atoms. The van der Waals surface area contributed by atoms with E-state index in [4.69, 9.17) is 0 Å². The minimum Gasteiger partial charge on any atom is -0.465 e. The number of carbonyl (C=O) groups excluding carboxylic acids is 1. The van der Waals surface area contributed by atoms with Crippen LogP contribution < -0.4 is 4.98 Å². The van der Waals surface area contributed by atoms with Crippen LogP contribution in [0.1, 0.15) is 22.8 Å². The zero-order valence-electron chi connectivity index (χ0n) is 7.80. The molecule has 76 valence electrons. The minimum atomic E-state index is -3.07. The number of halogens is 2. The lowest BCUT2D eigenvalue weighted by Gasteiger charge is -2.10. The fourth-order valence-electron chi connectivity index (χ4n) is 1.08. The van der Waals surface area contributed by atoms with Crippen LogP contribution in [0.2, 0.25) is 0 Å². The molecule has 0 aliphatic heterocycles. The Morgan fingerprint density at radius 2 is 2.21 bits per heavy atom. The molecule has 0 fully saturated rings. The largest absolute Gasteiger partial charge is 0.465 e. The molecule has 0 saturated heterocycles. The third-order valence-corrected chi connectivity index (χ3v) is 1.74. The summed E-state index contributed by atoms with van der Waals surface area (Å²) in [5.74, 6) is -3.84. The first-order valence-electron chi connectivity index (χ1n) is 3.93. The second kappa shape index (κ2) is 3.69. The molecular formula is C9H10F2NO2+. The molecule has 1 aromatic heterocycles. The van der Waals surface area contributed by atoms with Crippen LogP contribution in [0.3, 0.4) is 0 Å². The van der Waals surface area contributed by atoms with Crippen LogP contribution in [0.5, 0.6) is 0 Å². The molecule has 5 heteroatoms. The molecule has 1 aromatic rings. The van der Waals surface area contributed by atoms with Gasteiger partial charge < -0.3 is 4.74 Å². The smallest absolute Gasteiger partial charge is 0.338 e. The number of aromatic amines is 1. The predicted molar refractivity (Wildman–Crippen MR) is 43.9 cm³/mol. The Labute approximate surface area is 79.7 Å². The summed E-state index contributed by atoms with van der Waals surface area (Å²) in [5.41, 5.74) is -0.495. The monoisotopic (exact) mass is 202 g/mol. The van der Waals surface area contributed by atoms with Crippen molar-refractivity contribution in [1.82, 2.24) is 0 Å². The number of pyridine rings is 1. The summed E-state index contributed by atoms with van der Waals surface area (Å²) in [5, 5.41) is 0. The van der Waals surface area contributed by atoms with Gasteiger partial charge in [-0.15, -0.1) is 0 Å². The van der Waals surface area contributed by atoms with E-state index in [1.54, 1.807) is 0 Å². The van der Waals surface area contributed by atoms with Crippen molar-refractivity contribution in [2.24, 2.45) is 0 Å². The van der Waals surface area contributed by atoms with Gasteiger partial charge in [0.25, 0.3) is 5.92 Å². The molecule has 0 saturated carbocycles. The fraction of sp³-hybridized carbons (Fsp3) is 0.333. The van der Waals surface area contributed by atoms with Gasteiger partial charge in [-0.25, -0.2) is 18.6 Å². The topological polar surface area (TPSA) is 40.4 Å². The van der Waals surface area contributed by atoms with Gasteiger partial charge in [-0.2, -0.15) is 0 Å². The number of nitrogens with one attached hydrogen (secondary N) is 1. The second-order valence-electron chi connectivity index (χ2n) is 2.85. The lowest BCUT2D eigenvalue weighted by molar-refractivity contribution is -0.380. The van der Waals surface area contributed by atoms with Gasteiger partial charge in [0.2, 0.25) is 0 Å². The van der Waals surface area contributed by atoms with E-state index in [2.05, 4.69) is 9.72 Å². The molecule has 0 amide bonds. The average Bonchev–Trinajstić information content (AvgIpc) is 2.15. The van der Waals surface area contributed by atoms with Gasteiger partial charge >= 0.3 is 5.97 Å². The van der Waals surface area contributed by atoms with Gasteiger partial charge in [0.1, 0.15) is 0 Å². The van der Waals surface area contributed by atoms with Crippen molar-refractivity contribution in [1.29, 1.82) is 0 Å². The van der Waals surface area contributed by atoms with Gasteiger partial charge in [0.15, 0.2) is 12.4 Å². The van der Waals surface area contributed by atoms with E-state index in [0.717, 1.165) is 20.2 Å². The van der Waals surface area contributed by atoms with Gasteiger partial charge in [-0.1, -0.05) is 0 Å². The predicted octanol–water partition coefficient (Wildman–Crippen LogP) is 1.40. The molecule has 0 aliphatic carbocycles. The Morgan fingerprint density at radius 3 is 2.71 bits per heavy atom. The number of esters is 1. The maximum atomic E-state index is 13.0. The Morgan fingerprint density at radius 1 is 1.57 bits per heavy atom. The fourth-order valence-corrected chi connectivity index (χ4v) is 1.08. The molecule has 1 N–H and O–H groups in total. The Bertz CT molecular complexity index is 347. The van der Waals surface area contributed by atoms with Gasteiger partial charge in [-0.05, 0) is 0 Å². The van der Waals surface area contributed by atoms with E-state index in [1.165, 1.54) is 12.3 Å². The molecule has 0 aromatic carbocycles. The van der Waals surface area contributed by atoms with Crippen LogP contribution in [0.25, 0.3) is 0 Å². The molecule has 0 unspecified atom stereocenters. The molecule has 0 atom stereocenters. The molecule has 0 radical (unpaired) electrons. The summed E-state index contributed by atoms with van der Waals surface area (Å²) in [4.78, 5) is 13.6. The first-order valence-corrected chi connectivity index (χ1v) is 3.93. The molecular weight excluding hydrogens is 192 g/mol. The van der Waals surface area contributed by atoms with Gasteiger partial charge in [-0.3, -0.25) is 0 Å². The highest BCUT2D eigenvalue weighted by Gasteiger charge is 2.32. The summed E-state index contributed by atoms with van der Waals surface area (Å²) >= 11 is 0. The number of alkyl halides is 2. The number of aromatic nitrogens is 1. The van der Waals surface area contributed by atoms with Crippen molar-refractivity contribution < 1.29 is 23.3 Å². The molecule has 0 bridgehead atoms. The maximum Gasteiger partial charge on any atom is 0.338 e. The zero-order valence-corrected chi connectivity index (χ0v) is 7.80. The lowest BCUT2D eigenvalue weighted by Crippen LogP contribution is -2.19. The van der Waals surface area contributed by atoms with Crippen molar-refractivity contribution >= 4 is 5.97 Å². The summed E-state index contributed by atoms with van der Waals surface area (Å²) in [6, 6.07) is 1.26. The number of rotatable bonds is 2. The molecule has 1 heterocycles. The van der Waals surface area contributed by atoms with Gasteiger partial charge in [0, 0.05) is 13.0 Å². The number of hydrogen-bond donors (Lipinski definition) is 0. The number of carbonyl (C=O) groups is 1. The van der Waals surface area contributed by atoms with Crippen molar-refractivity contribution in [2.45, 2.75) is 12.8 Å². The van der Waals surface area contributed by atoms with E-state index in [0.29, 0.717) is 0 Å². The summed E-state index contributed by atoms with van der Waals surface area (Å²) < 4.78 is 30.4. The van der Waals surface area contributed by atoms with Crippen molar-refractivity contribution in [3.05, 3.63) is 29.6 Å². The van der Waals surface area contributed by atoms with E-state index in [-0.39, 0.29) is 11.1 Å². The first kappa shape index (κ1) is 10.6. The maximum absolute atomic E-state index is 13.0. The Hall–Kier alpha value is -1.52. The molecule has 14 heavy (non-hydrogen) atoms. The van der Waals surface area contributed by atoms with Crippen LogP contribution in [-0.4, -0.2) is 13.1 Å². The second-order valence-corrected chi connectivity index (χ2v) is 2.85. The third kappa shape index (κ3) is 2.04. The van der Waals surface area contributed by atoms with E-state index in [1.807, 2.05) is 0 Å². The molecule has 3 nitrogen and oxygen atoms in total. The third-order valence-electron chi connectivity index (χ3n) is 1.74.